The van der Waals surface area contributed by atoms with E-state index in [4.69, 9.17) is 0 Å². The van der Waals surface area contributed by atoms with E-state index < -0.39 is 35.6 Å². The molecule has 1 N–H and O–H groups in total. The monoisotopic (exact) mass is 257 g/mol. The first kappa shape index (κ1) is 13.8. The molecule has 0 fully saturated rings. The van der Waals surface area contributed by atoms with Crippen LogP contribution in [-0.2, 0) is 6.18 Å². The van der Waals surface area contributed by atoms with Gasteiger partial charge in [-0.25, -0.2) is 13.2 Å². The minimum atomic E-state index is -4.87. The second-order valence-corrected chi connectivity index (χ2v) is 3.33. The molecule has 0 aromatic heterocycles. The number of alkyl halides is 5. The van der Waals surface area contributed by atoms with Crippen LogP contribution in [0.1, 0.15) is 17.2 Å². The van der Waals surface area contributed by atoms with Crippen molar-refractivity contribution >= 4 is 0 Å². The van der Waals surface area contributed by atoms with Gasteiger partial charge in [0.25, 0.3) is 6.43 Å². The van der Waals surface area contributed by atoms with Gasteiger partial charge in [0, 0.05) is 0 Å². The summed E-state index contributed by atoms with van der Waals surface area (Å²) in [6, 6.07) is -0.141. The Morgan fingerprint density at radius 3 is 2.18 bits per heavy atom. The van der Waals surface area contributed by atoms with Gasteiger partial charge in [-0.3, -0.25) is 0 Å². The molecular formula is C10H9F6N. The average molecular weight is 257 g/mol. The van der Waals surface area contributed by atoms with E-state index in [2.05, 4.69) is 5.32 Å². The maximum absolute atomic E-state index is 12.7. The topological polar surface area (TPSA) is 12.0 Å². The molecular weight excluding hydrogens is 248 g/mol. The van der Waals surface area contributed by atoms with Crippen LogP contribution in [-0.4, -0.2) is 13.5 Å². The lowest BCUT2D eigenvalue weighted by Gasteiger charge is -2.20. The summed E-state index contributed by atoms with van der Waals surface area (Å²) in [7, 11) is 1.11. The van der Waals surface area contributed by atoms with E-state index in [1.165, 1.54) is 0 Å². The van der Waals surface area contributed by atoms with Crippen LogP contribution in [0.25, 0.3) is 0 Å². The summed E-state index contributed by atoms with van der Waals surface area (Å²) in [6.07, 6.45) is -7.90. The molecule has 0 spiro atoms. The van der Waals surface area contributed by atoms with E-state index in [0.29, 0.717) is 6.07 Å². The van der Waals surface area contributed by atoms with Crippen molar-refractivity contribution in [2.75, 3.05) is 7.05 Å². The third kappa shape index (κ3) is 3.12. The first-order valence-electron chi connectivity index (χ1n) is 4.59. The molecule has 0 heterocycles. The maximum Gasteiger partial charge on any atom is 0.416 e. The molecule has 1 aromatic carbocycles. The lowest BCUT2D eigenvalue weighted by molar-refractivity contribution is -0.139. The highest BCUT2D eigenvalue weighted by Gasteiger charge is 2.37. The van der Waals surface area contributed by atoms with Crippen LogP contribution in [0, 0.1) is 5.82 Å². The minimum Gasteiger partial charge on any atom is -0.308 e. The Kier molecular flexibility index (Phi) is 4.03. The summed E-state index contributed by atoms with van der Waals surface area (Å²) in [5.41, 5.74) is -2.06. The van der Waals surface area contributed by atoms with Crippen LogP contribution in [0.15, 0.2) is 18.2 Å². The summed E-state index contributed by atoms with van der Waals surface area (Å²) in [5.74, 6) is -1.12. The highest BCUT2D eigenvalue weighted by molar-refractivity contribution is 5.33. The van der Waals surface area contributed by atoms with Crippen LogP contribution in [0.3, 0.4) is 0 Å². The van der Waals surface area contributed by atoms with E-state index in [9.17, 15) is 26.3 Å². The van der Waals surface area contributed by atoms with Crippen molar-refractivity contribution in [2.24, 2.45) is 0 Å². The number of hydrogen-bond acceptors (Lipinski definition) is 1. The quantitative estimate of drug-likeness (QED) is 0.818. The van der Waals surface area contributed by atoms with Gasteiger partial charge in [0.15, 0.2) is 0 Å². The third-order valence-electron chi connectivity index (χ3n) is 2.22. The molecule has 1 rings (SSSR count). The summed E-state index contributed by atoms with van der Waals surface area (Å²) in [6.45, 7) is 0. The second kappa shape index (κ2) is 4.95. The Morgan fingerprint density at radius 1 is 1.18 bits per heavy atom. The fourth-order valence-corrected chi connectivity index (χ4v) is 1.46. The van der Waals surface area contributed by atoms with E-state index >= 15 is 0 Å². The molecule has 0 aliphatic rings. The third-order valence-corrected chi connectivity index (χ3v) is 2.22. The van der Waals surface area contributed by atoms with Crippen molar-refractivity contribution in [1.29, 1.82) is 0 Å². The van der Waals surface area contributed by atoms with Crippen molar-refractivity contribution in [2.45, 2.75) is 18.6 Å². The summed E-state index contributed by atoms with van der Waals surface area (Å²) in [5, 5.41) is 2.08. The first-order chi connectivity index (χ1) is 7.77. The van der Waals surface area contributed by atoms with E-state index in [0.717, 1.165) is 13.1 Å². The molecule has 7 heteroatoms. The number of nitrogens with one attached hydrogen (secondary N) is 1. The molecule has 1 atom stereocenters. The molecule has 0 saturated carbocycles. The van der Waals surface area contributed by atoms with E-state index in [-0.39, 0.29) is 6.07 Å². The fraction of sp³-hybridized carbons (Fsp3) is 0.400. The normalized spacial score (nSPS) is 14.1. The van der Waals surface area contributed by atoms with Gasteiger partial charge in [-0.2, -0.15) is 13.2 Å². The zero-order chi connectivity index (χ0) is 13.2. The lowest BCUT2D eigenvalue weighted by atomic mass is 10.00. The molecule has 0 aliphatic heterocycles. The first-order valence-corrected chi connectivity index (χ1v) is 4.59. The molecule has 0 amide bonds. The van der Waals surface area contributed by atoms with Gasteiger partial charge in [-0.05, 0) is 24.7 Å². The van der Waals surface area contributed by atoms with Crippen molar-refractivity contribution in [1.82, 2.24) is 5.32 Å². The molecule has 96 valence electrons. The van der Waals surface area contributed by atoms with Crippen LogP contribution in [0.2, 0.25) is 0 Å². The SMILES string of the molecule is CNC(c1ccc(F)cc1C(F)(F)F)C(F)F. The Morgan fingerprint density at radius 2 is 1.76 bits per heavy atom. The van der Waals surface area contributed by atoms with Crippen molar-refractivity contribution in [3.05, 3.63) is 35.1 Å². The van der Waals surface area contributed by atoms with Crippen LogP contribution in [0.4, 0.5) is 26.3 Å². The zero-order valence-corrected chi connectivity index (χ0v) is 8.65. The zero-order valence-electron chi connectivity index (χ0n) is 8.65. The van der Waals surface area contributed by atoms with Gasteiger partial charge >= 0.3 is 6.18 Å². The Bertz CT molecular complexity index is 387. The average Bonchev–Trinajstić information content (AvgIpc) is 2.19. The number of benzene rings is 1. The van der Waals surface area contributed by atoms with Gasteiger partial charge in [0.1, 0.15) is 5.82 Å². The van der Waals surface area contributed by atoms with Crippen LogP contribution >= 0.6 is 0 Å². The lowest BCUT2D eigenvalue weighted by Crippen LogP contribution is -2.26. The Labute approximate surface area is 93.4 Å². The number of rotatable bonds is 3. The van der Waals surface area contributed by atoms with Gasteiger partial charge < -0.3 is 5.32 Å². The largest absolute Gasteiger partial charge is 0.416 e. The summed E-state index contributed by atoms with van der Waals surface area (Å²) in [4.78, 5) is 0. The molecule has 1 nitrogen and oxygen atoms in total. The molecule has 1 aromatic rings. The standard InChI is InChI=1S/C10H9F6N/c1-17-8(9(12)13)6-3-2-5(11)4-7(6)10(14,15)16/h2-4,8-9,17H,1H3. The van der Waals surface area contributed by atoms with Crippen LogP contribution in [0.5, 0.6) is 0 Å². The van der Waals surface area contributed by atoms with Gasteiger partial charge in [0.2, 0.25) is 0 Å². The van der Waals surface area contributed by atoms with Crippen LogP contribution < -0.4 is 5.32 Å². The second-order valence-electron chi connectivity index (χ2n) is 3.33. The Hall–Kier alpha value is -1.24. The van der Waals surface area contributed by atoms with Gasteiger partial charge in [-0.15, -0.1) is 0 Å². The van der Waals surface area contributed by atoms with Crippen molar-refractivity contribution in [3.63, 3.8) is 0 Å². The molecule has 0 radical (unpaired) electrons. The van der Waals surface area contributed by atoms with Gasteiger partial charge in [-0.1, -0.05) is 6.07 Å². The highest BCUT2D eigenvalue weighted by Crippen LogP contribution is 2.36. The maximum atomic E-state index is 12.7. The molecule has 17 heavy (non-hydrogen) atoms. The molecule has 0 bridgehead atoms. The highest BCUT2D eigenvalue weighted by atomic mass is 19.4. The number of halogens is 6. The predicted molar refractivity (Wildman–Crippen MR) is 49.2 cm³/mol. The molecule has 0 saturated heterocycles. The molecule has 0 aliphatic carbocycles. The van der Waals surface area contributed by atoms with E-state index in [1.807, 2.05) is 0 Å². The summed E-state index contributed by atoms with van der Waals surface area (Å²) < 4.78 is 75.4. The van der Waals surface area contributed by atoms with Gasteiger partial charge in [0.05, 0.1) is 11.6 Å². The predicted octanol–water partition coefficient (Wildman–Crippen LogP) is 3.37. The Balaban J connectivity index is 3.32. The molecule has 1 unspecified atom stereocenters. The summed E-state index contributed by atoms with van der Waals surface area (Å²) >= 11 is 0. The number of hydrogen-bond donors (Lipinski definition) is 1. The van der Waals surface area contributed by atoms with Crippen molar-refractivity contribution < 1.29 is 26.3 Å². The fourth-order valence-electron chi connectivity index (χ4n) is 1.46. The smallest absolute Gasteiger partial charge is 0.308 e. The minimum absolute atomic E-state index is 0.210. The van der Waals surface area contributed by atoms with E-state index in [1.54, 1.807) is 0 Å². The van der Waals surface area contributed by atoms with Crippen molar-refractivity contribution in [3.8, 4) is 0 Å².